The maximum absolute atomic E-state index is 12.5. The Morgan fingerprint density at radius 3 is 2.47 bits per heavy atom. The summed E-state index contributed by atoms with van der Waals surface area (Å²) in [4.78, 5) is 11.1. The number of Topliss-reactive ketones (excluding diaryl/α,β-unsaturated/α-hetero) is 1. The highest BCUT2D eigenvalue weighted by Crippen LogP contribution is 2.32. The molecule has 2 N–H and O–H groups in total. The van der Waals surface area contributed by atoms with Crippen LogP contribution in [0.5, 0.6) is 0 Å². The number of ketones is 1. The summed E-state index contributed by atoms with van der Waals surface area (Å²) < 4.78 is 37.4. The van der Waals surface area contributed by atoms with Gasteiger partial charge in [0, 0.05) is 5.56 Å². The first-order chi connectivity index (χ1) is 6.86. The largest absolute Gasteiger partial charge is 0.416 e. The predicted octanol–water partition coefficient (Wildman–Crippen LogP) is 2.16. The van der Waals surface area contributed by atoms with E-state index in [0.29, 0.717) is 0 Å². The average Bonchev–Trinajstić information content (AvgIpc) is 2.15. The zero-order chi connectivity index (χ0) is 11.6. The Hall–Kier alpha value is -1.36. The molecule has 0 amide bonds. The summed E-state index contributed by atoms with van der Waals surface area (Å²) in [6.07, 6.45) is -4.44. The Kier molecular flexibility index (Phi) is 3.14. The van der Waals surface area contributed by atoms with Crippen molar-refractivity contribution in [2.24, 2.45) is 5.73 Å². The number of aryl methyl sites for hydroxylation is 1. The zero-order valence-corrected chi connectivity index (χ0v) is 8.06. The molecular weight excluding hydrogens is 207 g/mol. The van der Waals surface area contributed by atoms with Crippen LogP contribution in [-0.4, -0.2) is 12.3 Å². The fourth-order valence-electron chi connectivity index (χ4n) is 1.22. The number of carbonyl (C=O) groups excluding carboxylic acids is 1. The highest BCUT2D eigenvalue weighted by Gasteiger charge is 2.32. The van der Waals surface area contributed by atoms with Gasteiger partial charge in [-0.15, -0.1) is 0 Å². The average molecular weight is 217 g/mol. The van der Waals surface area contributed by atoms with E-state index in [9.17, 15) is 18.0 Å². The van der Waals surface area contributed by atoms with Gasteiger partial charge in [0.05, 0.1) is 12.1 Å². The predicted molar refractivity (Wildman–Crippen MR) is 49.6 cm³/mol. The van der Waals surface area contributed by atoms with Crippen molar-refractivity contribution in [3.63, 3.8) is 0 Å². The lowest BCUT2D eigenvalue weighted by molar-refractivity contribution is -0.138. The van der Waals surface area contributed by atoms with Crippen molar-refractivity contribution in [2.45, 2.75) is 13.1 Å². The normalized spacial score (nSPS) is 11.5. The molecule has 15 heavy (non-hydrogen) atoms. The molecule has 0 aromatic heterocycles. The van der Waals surface area contributed by atoms with Crippen LogP contribution in [0, 0.1) is 6.92 Å². The maximum Gasteiger partial charge on any atom is 0.416 e. The number of alkyl halides is 3. The first kappa shape index (κ1) is 11.7. The number of hydrogen-bond acceptors (Lipinski definition) is 2. The zero-order valence-electron chi connectivity index (χ0n) is 8.06. The molecule has 0 aliphatic heterocycles. The maximum atomic E-state index is 12.5. The van der Waals surface area contributed by atoms with Crippen molar-refractivity contribution in [3.05, 3.63) is 34.9 Å². The minimum Gasteiger partial charge on any atom is -0.324 e. The number of hydrogen-bond donors (Lipinski definition) is 1. The van der Waals surface area contributed by atoms with Crippen LogP contribution in [-0.2, 0) is 6.18 Å². The van der Waals surface area contributed by atoms with E-state index in [0.717, 1.165) is 6.07 Å². The Balaban J connectivity index is 3.23. The SMILES string of the molecule is Cc1ccc(C(=O)CN)cc1C(F)(F)F. The second-order valence-corrected chi connectivity index (χ2v) is 3.15. The molecule has 0 radical (unpaired) electrons. The molecule has 1 aromatic rings. The van der Waals surface area contributed by atoms with Gasteiger partial charge in [0.25, 0.3) is 0 Å². The second kappa shape index (κ2) is 4.02. The molecule has 0 saturated carbocycles. The Morgan fingerprint density at radius 1 is 1.40 bits per heavy atom. The highest BCUT2D eigenvalue weighted by atomic mass is 19.4. The molecule has 1 rings (SSSR count). The van der Waals surface area contributed by atoms with Gasteiger partial charge in [0.2, 0.25) is 0 Å². The quantitative estimate of drug-likeness (QED) is 0.771. The van der Waals surface area contributed by atoms with Gasteiger partial charge in [-0.05, 0) is 18.6 Å². The van der Waals surface area contributed by atoms with Crippen LogP contribution in [0.15, 0.2) is 18.2 Å². The van der Waals surface area contributed by atoms with E-state index in [-0.39, 0.29) is 17.7 Å². The fraction of sp³-hybridized carbons (Fsp3) is 0.300. The molecule has 0 aliphatic carbocycles. The molecule has 2 nitrogen and oxygen atoms in total. The number of rotatable bonds is 2. The van der Waals surface area contributed by atoms with Crippen LogP contribution in [0.4, 0.5) is 13.2 Å². The molecule has 0 fully saturated rings. The standard InChI is InChI=1S/C10H10F3NO/c1-6-2-3-7(9(15)5-14)4-8(6)10(11,12)13/h2-4H,5,14H2,1H3. The molecule has 0 heterocycles. The summed E-state index contributed by atoms with van der Waals surface area (Å²) in [7, 11) is 0. The third-order valence-electron chi connectivity index (χ3n) is 2.05. The van der Waals surface area contributed by atoms with Crippen LogP contribution < -0.4 is 5.73 Å². The lowest BCUT2D eigenvalue weighted by atomic mass is 10.0. The van der Waals surface area contributed by atoms with Crippen molar-refractivity contribution >= 4 is 5.78 Å². The summed E-state index contributed by atoms with van der Waals surface area (Å²) in [5.41, 5.74) is 4.37. The first-order valence-corrected chi connectivity index (χ1v) is 4.27. The minimum atomic E-state index is -4.44. The topological polar surface area (TPSA) is 43.1 Å². The fourth-order valence-corrected chi connectivity index (χ4v) is 1.22. The van der Waals surface area contributed by atoms with Gasteiger partial charge in [0.15, 0.2) is 5.78 Å². The number of benzene rings is 1. The molecule has 1 aromatic carbocycles. The van der Waals surface area contributed by atoms with Crippen molar-refractivity contribution in [1.29, 1.82) is 0 Å². The van der Waals surface area contributed by atoms with E-state index in [1.54, 1.807) is 0 Å². The second-order valence-electron chi connectivity index (χ2n) is 3.15. The van der Waals surface area contributed by atoms with Gasteiger partial charge in [-0.3, -0.25) is 4.79 Å². The van der Waals surface area contributed by atoms with Gasteiger partial charge in [-0.1, -0.05) is 12.1 Å². The summed E-state index contributed by atoms with van der Waals surface area (Å²) in [6.45, 7) is 1.06. The van der Waals surface area contributed by atoms with E-state index in [1.807, 2.05) is 0 Å². The van der Waals surface area contributed by atoms with E-state index in [4.69, 9.17) is 5.73 Å². The lowest BCUT2D eigenvalue weighted by Gasteiger charge is -2.11. The Labute approximate surface area is 84.9 Å². The van der Waals surface area contributed by atoms with Crippen LogP contribution in [0.25, 0.3) is 0 Å². The number of nitrogens with two attached hydrogens (primary N) is 1. The third-order valence-corrected chi connectivity index (χ3v) is 2.05. The van der Waals surface area contributed by atoms with E-state index in [2.05, 4.69) is 0 Å². The van der Waals surface area contributed by atoms with E-state index >= 15 is 0 Å². The molecule has 0 unspecified atom stereocenters. The summed E-state index contributed by atoms with van der Waals surface area (Å²) >= 11 is 0. The van der Waals surface area contributed by atoms with Crippen molar-refractivity contribution < 1.29 is 18.0 Å². The molecule has 0 saturated heterocycles. The number of halogens is 3. The molecule has 0 bridgehead atoms. The van der Waals surface area contributed by atoms with Crippen LogP contribution >= 0.6 is 0 Å². The monoisotopic (exact) mass is 217 g/mol. The van der Waals surface area contributed by atoms with Gasteiger partial charge >= 0.3 is 6.18 Å². The Bertz CT molecular complexity index is 385. The van der Waals surface area contributed by atoms with Crippen molar-refractivity contribution in [1.82, 2.24) is 0 Å². The highest BCUT2D eigenvalue weighted by molar-refractivity contribution is 5.97. The molecule has 0 spiro atoms. The first-order valence-electron chi connectivity index (χ1n) is 4.27. The van der Waals surface area contributed by atoms with E-state index < -0.39 is 17.5 Å². The minimum absolute atomic E-state index is 0.00424. The molecular formula is C10H10F3NO. The van der Waals surface area contributed by atoms with Crippen LogP contribution in [0.2, 0.25) is 0 Å². The smallest absolute Gasteiger partial charge is 0.324 e. The molecule has 0 atom stereocenters. The molecule has 0 aliphatic rings. The summed E-state index contributed by atoms with van der Waals surface area (Å²) in [6, 6.07) is 3.45. The van der Waals surface area contributed by atoms with Crippen LogP contribution in [0.1, 0.15) is 21.5 Å². The Morgan fingerprint density at radius 2 is 2.00 bits per heavy atom. The van der Waals surface area contributed by atoms with Gasteiger partial charge in [0.1, 0.15) is 0 Å². The molecule has 82 valence electrons. The summed E-state index contributed by atoms with van der Waals surface area (Å²) in [5.74, 6) is -0.500. The van der Waals surface area contributed by atoms with Gasteiger partial charge < -0.3 is 5.73 Å². The van der Waals surface area contributed by atoms with Crippen molar-refractivity contribution in [2.75, 3.05) is 6.54 Å². The van der Waals surface area contributed by atoms with E-state index in [1.165, 1.54) is 19.1 Å². The molecule has 5 heteroatoms. The third kappa shape index (κ3) is 2.56. The van der Waals surface area contributed by atoms with Crippen molar-refractivity contribution in [3.8, 4) is 0 Å². The van der Waals surface area contributed by atoms with Gasteiger partial charge in [-0.2, -0.15) is 13.2 Å². The number of carbonyl (C=O) groups is 1. The lowest BCUT2D eigenvalue weighted by Crippen LogP contribution is -2.15. The summed E-state index contributed by atoms with van der Waals surface area (Å²) in [5, 5.41) is 0. The van der Waals surface area contributed by atoms with Gasteiger partial charge in [-0.25, -0.2) is 0 Å². The van der Waals surface area contributed by atoms with Crippen LogP contribution in [0.3, 0.4) is 0 Å².